The van der Waals surface area contributed by atoms with Gasteiger partial charge >= 0.3 is 0 Å². The number of hydrogen-bond acceptors (Lipinski definition) is 4. The molecule has 0 unspecified atom stereocenters. The molecule has 1 aromatic heterocycles. The van der Waals surface area contributed by atoms with Crippen LogP contribution < -0.4 is 9.83 Å². The lowest BCUT2D eigenvalue weighted by Crippen LogP contribution is -2.27. The van der Waals surface area contributed by atoms with E-state index in [1.807, 2.05) is 24.3 Å². The SMILES string of the molecule is CCn1c2ccccc2c2cc([P@](=Nc3cc([N+](=O)[O-])ccc3Br)(Oc3cccc(Br)c3)C(C)(C)C)ccc21. The minimum absolute atomic E-state index is 0.0205. The average molecular weight is 669 g/mol. The summed E-state index contributed by atoms with van der Waals surface area (Å²) in [5, 5.41) is 14.4. The minimum atomic E-state index is -2.91. The van der Waals surface area contributed by atoms with E-state index in [1.54, 1.807) is 6.07 Å². The Morgan fingerprint density at radius 3 is 2.36 bits per heavy atom. The number of aromatic nitrogens is 1. The van der Waals surface area contributed by atoms with E-state index in [2.05, 4.69) is 107 Å². The summed E-state index contributed by atoms with van der Waals surface area (Å²) in [5.41, 5.74) is 2.79. The lowest BCUT2D eigenvalue weighted by molar-refractivity contribution is -0.384. The molecule has 0 aliphatic heterocycles. The normalized spacial score (nSPS) is 13.4. The molecule has 5 aromatic rings. The highest BCUT2D eigenvalue weighted by molar-refractivity contribution is 9.10. The van der Waals surface area contributed by atoms with Crippen LogP contribution in [0.25, 0.3) is 21.8 Å². The summed E-state index contributed by atoms with van der Waals surface area (Å²) in [6.07, 6.45) is 0. The Hall–Kier alpha value is -2.93. The highest BCUT2D eigenvalue weighted by atomic mass is 79.9. The molecule has 1 heterocycles. The van der Waals surface area contributed by atoms with Gasteiger partial charge in [-0.05, 0) is 71.4 Å². The van der Waals surface area contributed by atoms with Crippen LogP contribution in [0.2, 0.25) is 0 Å². The van der Waals surface area contributed by atoms with Gasteiger partial charge in [0.1, 0.15) is 5.75 Å². The zero-order chi connectivity index (χ0) is 27.9. The van der Waals surface area contributed by atoms with E-state index < -0.39 is 17.4 Å². The van der Waals surface area contributed by atoms with Crippen LogP contribution in [0.4, 0.5) is 11.4 Å². The Labute approximate surface area is 244 Å². The third-order valence-electron chi connectivity index (χ3n) is 6.75. The summed E-state index contributed by atoms with van der Waals surface area (Å²) in [6.45, 7) is 9.35. The Kier molecular flexibility index (Phi) is 7.49. The fraction of sp³-hybridized carbons (Fsp3) is 0.200. The van der Waals surface area contributed by atoms with Gasteiger partial charge < -0.3 is 9.09 Å². The predicted octanol–water partition coefficient (Wildman–Crippen LogP) is 10.2. The van der Waals surface area contributed by atoms with Crippen molar-refractivity contribution in [1.82, 2.24) is 4.57 Å². The number of fused-ring (bicyclic) bond motifs is 3. The molecule has 0 aliphatic carbocycles. The number of nitro benzene ring substituents is 1. The Morgan fingerprint density at radius 2 is 1.67 bits per heavy atom. The number of aryl methyl sites for hydroxylation is 1. The van der Waals surface area contributed by atoms with Crippen LogP contribution in [-0.4, -0.2) is 14.6 Å². The van der Waals surface area contributed by atoms with Crippen LogP contribution >= 0.6 is 39.1 Å². The van der Waals surface area contributed by atoms with Crippen molar-refractivity contribution in [2.45, 2.75) is 39.4 Å². The van der Waals surface area contributed by atoms with E-state index in [1.165, 1.54) is 23.0 Å². The van der Waals surface area contributed by atoms with Crippen molar-refractivity contribution in [3.8, 4) is 5.75 Å². The van der Waals surface area contributed by atoms with Gasteiger partial charge in [-0.15, -0.1) is 0 Å². The summed E-state index contributed by atoms with van der Waals surface area (Å²) < 4.78 is 16.2. The zero-order valence-electron chi connectivity index (χ0n) is 22.1. The number of para-hydroxylation sites is 1. The molecule has 4 aromatic carbocycles. The van der Waals surface area contributed by atoms with E-state index in [4.69, 9.17) is 9.27 Å². The molecule has 200 valence electrons. The highest BCUT2D eigenvalue weighted by Crippen LogP contribution is 2.63. The van der Waals surface area contributed by atoms with E-state index in [-0.39, 0.29) is 5.69 Å². The predicted molar refractivity (Wildman–Crippen MR) is 169 cm³/mol. The zero-order valence-corrected chi connectivity index (χ0v) is 26.1. The topological polar surface area (TPSA) is 69.7 Å². The van der Waals surface area contributed by atoms with Gasteiger partial charge in [0.15, 0.2) is 7.28 Å². The summed E-state index contributed by atoms with van der Waals surface area (Å²) in [4.78, 5) is 11.2. The van der Waals surface area contributed by atoms with Gasteiger partial charge in [0, 0.05) is 59.9 Å². The van der Waals surface area contributed by atoms with Gasteiger partial charge in [-0.25, -0.2) is 4.74 Å². The average Bonchev–Trinajstić information content (AvgIpc) is 3.21. The highest BCUT2D eigenvalue weighted by Gasteiger charge is 2.39. The second-order valence-corrected chi connectivity index (χ2v) is 15.4. The fourth-order valence-electron chi connectivity index (χ4n) is 4.90. The molecule has 0 spiro atoms. The second kappa shape index (κ2) is 10.6. The maximum absolute atomic E-state index is 11.6. The van der Waals surface area contributed by atoms with Crippen LogP contribution in [0.1, 0.15) is 27.7 Å². The van der Waals surface area contributed by atoms with E-state index in [9.17, 15) is 10.1 Å². The summed E-state index contributed by atoms with van der Waals surface area (Å²) in [7, 11) is -2.91. The van der Waals surface area contributed by atoms with Crippen LogP contribution in [0, 0.1) is 10.1 Å². The standard InChI is InChI=1S/C30H28Br2N3O3P/c1-5-34-28-12-7-6-11-24(28)25-19-23(14-16-29(25)34)39(30(2,3)4,38-22-10-8-9-20(31)17-22)33-27-18-21(35(36)37)13-15-26(27)32/h6-19H,5H2,1-4H3/t39-/m0/s1. The van der Waals surface area contributed by atoms with Gasteiger partial charge in [0.2, 0.25) is 0 Å². The smallest absolute Gasteiger partial charge is 0.271 e. The Morgan fingerprint density at radius 1 is 0.923 bits per heavy atom. The lowest BCUT2D eigenvalue weighted by Gasteiger charge is -2.37. The molecule has 5 rings (SSSR count). The van der Waals surface area contributed by atoms with Gasteiger partial charge in [0.25, 0.3) is 5.69 Å². The number of rotatable bonds is 6. The van der Waals surface area contributed by atoms with Crippen molar-refractivity contribution >= 4 is 77.6 Å². The molecule has 0 saturated heterocycles. The minimum Gasteiger partial charge on any atom is -0.455 e. The first-order valence-corrected chi connectivity index (χ1v) is 15.8. The van der Waals surface area contributed by atoms with Gasteiger partial charge in [-0.3, -0.25) is 10.1 Å². The molecule has 9 heteroatoms. The van der Waals surface area contributed by atoms with Crippen molar-refractivity contribution in [2.75, 3.05) is 0 Å². The molecule has 0 fully saturated rings. The molecular formula is C30H28Br2N3O3P. The summed E-state index contributed by atoms with van der Waals surface area (Å²) >= 11 is 7.16. The second-order valence-electron chi connectivity index (χ2n) is 10.3. The van der Waals surface area contributed by atoms with Crippen molar-refractivity contribution in [1.29, 1.82) is 0 Å². The number of nitro groups is 1. The number of halogens is 2. The van der Waals surface area contributed by atoms with Crippen molar-refractivity contribution < 1.29 is 9.45 Å². The van der Waals surface area contributed by atoms with Crippen LogP contribution in [0.3, 0.4) is 0 Å². The number of benzene rings is 4. The largest absolute Gasteiger partial charge is 0.455 e. The quantitative estimate of drug-likeness (QED) is 0.103. The first kappa shape index (κ1) is 27.6. The monoisotopic (exact) mass is 667 g/mol. The van der Waals surface area contributed by atoms with E-state index in [0.717, 1.165) is 27.2 Å². The lowest BCUT2D eigenvalue weighted by atomic mass is 10.1. The van der Waals surface area contributed by atoms with Gasteiger partial charge in [0.05, 0.1) is 10.6 Å². The Balaban J connectivity index is 1.88. The Bertz CT molecular complexity index is 1790. The number of nitrogens with zero attached hydrogens (tertiary/aromatic N) is 3. The number of hydrogen-bond donors (Lipinski definition) is 0. The maximum Gasteiger partial charge on any atom is 0.271 e. The first-order valence-electron chi connectivity index (χ1n) is 12.6. The van der Waals surface area contributed by atoms with E-state index in [0.29, 0.717) is 15.9 Å². The third-order valence-corrected chi connectivity index (χ3v) is 11.7. The summed E-state index contributed by atoms with van der Waals surface area (Å²) in [5.74, 6) is 0.675. The van der Waals surface area contributed by atoms with Crippen molar-refractivity contribution in [3.63, 3.8) is 0 Å². The molecule has 0 bridgehead atoms. The fourth-order valence-corrected chi connectivity index (χ4v) is 8.82. The van der Waals surface area contributed by atoms with Crippen molar-refractivity contribution in [2.24, 2.45) is 4.74 Å². The van der Waals surface area contributed by atoms with Crippen LogP contribution in [-0.2, 0) is 6.54 Å². The molecule has 0 aliphatic rings. The molecule has 1 atom stereocenters. The summed E-state index contributed by atoms with van der Waals surface area (Å²) in [6, 6.07) is 27.3. The molecule has 0 saturated carbocycles. The van der Waals surface area contributed by atoms with Crippen LogP contribution in [0.5, 0.6) is 5.75 Å². The van der Waals surface area contributed by atoms with E-state index >= 15 is 0 Å². The molecule has 0 N–H and O–H groups in total. The maximum atomic E-state index is 11.6. The molecule has 39 heavy (non-hydrogen) atoms. The molecular weight excluding hydrogens is 641 g/mol. The molecule has 0 radical (unpaired) electrons. The molecule has 6 nitrogen and oxygen atoms in total. The number of non-ortho nitro benzene ring substituents is 1. The molecule has 0 amide bonds. The van der Waals surface area contributed by atoms with Gasteiger partial charge in [-0.2, -0.15) is 0 Å². The van der Waals surface area contributed by atoms with Crippen LogP contribution in [0.15, 0.2) is 98.6 Å². The van der Waals surface area contributed by atoms with Gasteiger partial charge in [-0.1, -0.05) is 61.0 Å². The third kappa shape index (κ3) is 5.06. The first-order chi connectivity index (χ1) is 18.5. The van der Waals surface area contributed by atoms with Crippen molar-refractivity contribution in [3.05, 3.63) is 104 Å².